The van der Waals surface area contributed by atoms with Crippen LogP contribution in [0.3, 0.4) is 0 Å². The number of benzene rings is 1. The largest absolute Gasteiger partial charge is 0.485 e. The number of rotatable bonds is 8. The van der Waals surface area contributed by atoms with Crippen LogP contribution in [0.1, 0.15) is 59.8 Å². The van der Waals surface area contributed by atoms with Gasteiger partial charge in [-0.25, -0.2) is 0 Å². The van der Waals surface area contributed by atoms with Crippen molar-refractivity contribution in [3.8, 4) is 5.75 Å². The third-order valence-corrected chi connectivity index (χ3v) is 5.28. The number of amides is 1. The first-order chi connectivity index (χ1) is 14.3. The van der Waals surface area contributed by atoms with E-state index in [1.807, 2.05) is 19.9 Å². The number of carbonyl (C=O) groups is 1. The van der Waals surface area contributed by atoms with E-state index in [-0.39, 0.29) is 18.3 Å². The lowest BCUT2D eigenvalue weighted by Crippen LogP contribution is -2.27. The van der Waals surface area contributed by atoms with Crippen LogP contribution in [-0.2, 0) is 19.7 Å². The number of nitrogens with zero attached hydrogens (tertiary/aromatic N) is 3. The van der Waals surface area contributed by atoms with E-state index in [2.05, 4.69) is 31.1 Å². The van der Waals surface area contributed by atoms with Crippen molar-refractivity contribution < 1.29 is 13.9 Å². The van der Waals surface area contributed by atoms with Crippen molar-refractivity contribution in [2.45, 2.75) is 53.3 Å². The summed E-state index contributed by atoms with van der Waals surface area (Å²) in [7, 11) is 1.71. The summed E-state index contributed by atoms with van der Waals surface area (Å²) < 4.78 is 13.5. The minimum Gasteiger partial charge on any atom is -0.485 e. The average Bonchev–Trinajstić information content (AvgIpc) is 3.32. The molecule has 0 unspecified atom stereocenters. The van der Waals surface area contributed by atoms with Gasteiger partial charge in [-0.15, -0.1) is 0 Å². The van der Waals surface area contributed by atoms with Gasteiger partial charge in [-0.2, -0.15) is 5.10 Å². The quantitative estimate of drug-likeness (QED) is 0.478. The van der Waals surface area contributed by atoms with Crippen molar-refractivity contribution in [1.82, 2.24) is 14.7 Å². The number of furan rings is 1. The molecule has 0 aliphatic carbocycles. The van der Waals surface area contributed by atoms with Gasteiger partial charge in [0.15, 0.2) is 5.76 Å². The number of hydrogen-bond acceptors (Lipinski definition) is 4. The summed E-state index contributed by atoms with van der Waals surface area (Å²) in [5, 5.41) is 4.75. The van der Waals surface area contributed by atoms with Crippen LogP contribution in [0.2, 0.25) is 5.02 Å². The molecule has 0 radical (unpaired) electrons. The van der Waals surface area contributed by atoms with Crippen molar-refractivity contribution in [3.05, 3.63) is 69.9 Å². The lowest BCUT2D eigenvalue weighted by molar-refractivity contribution is 0.0745. The Morgan fingerprint density at radius 3 is 2.77 bits per heavy atom. The Labute approximate surface area is 182 Å². The summed E-state index contributed by atoms with van der Waals surface area (Å²) in [5.74, 6) is 1.84. The third-order valence-electron chi connectivity index (χ3n) is 4.96. The SMILES string of the molecule is CCn1ncc(Cl)c1CN(C)C(=O)c1ccc(COc2cc(C)ccc2C(C)C)o1. The standard InChI is InChI=1S/C23H28ClN3O3/c1-6-27-20(19(24)12-25-27)13-26(5)23(28)21-10-8-17(30-21)14-29-22-11-16(4)7-9-18(22)15(2)3/h7-12,15H,6,13-14H2,1-5H3. The van der Waals surface area contributed by atoms with E-state index in [4.69, 9.17) is 20.8 Å². The van der Waals surface area contributed by atoms with E-state index in [0.717, 1.165) is 22.6 Å². The molecule has 1 amide bonds. The van der Waals surface area contributed by atoms with E-state index < -0.39 is 0 Å². The van der Waals surface area contributed by atoms with Crippen LogP contribution in [0.5, 0.6) is 5.75 Å². The highest BCUT2D eigenvalue weighted by Gasteiger charge is 2.20. The second-order valence-corrected chi connectivity index (χ2v) is 8.07. The summed E-state index contributed by atoms with van der Waals surface area (Å²) in [5.41, 5.74) is 3.08. The maximum absolute atomic E-state index is 12.8. The number of carbonyl (C=O) groups excluding carboxylic acids is 1. The summed E-state index contributed by atoms with van der Waals surface area (Å²) >= 11 is 6.21. The van der Waals surface area contributed by atoms with Gasteiger partial charge in [0, 0.05) is 13.6 Å². The zero-order valence-corrected chi connectivity index (χ0v) is 18.9. The number of aromatic nitrogens is 2. The minimum absolute atomic E-state index is 0.223. The highest BCUT2D eigenvalue weighted by Crippen LogP contribution is 2.28. The molecule has 30 heavy (non-hydrogen) atoms. The molecule has 0 spiro atoms. The molecule has 160 valence electrons. The Hall–Kier alpha value is -2.73. The molecule has 7 heteroatoms. The van der Waals surface area contributed by atoms with Crippen LogP contribution in [0, 0.1) is 6.92 Å². The van der Waals surface area contributed by atoms with E-state index in [0.29, 0.717) is 29.8 Å². The zero-order valence-electron chi connectivity index (χ0n) is 18.1. The molecule has 0 atom stereocenters. The fraction of sp³-hybridized carbons (Fsp3) is 0.391. The molecule has 3 rings (SSSR count). The van der Waals surface area contributed by atoms with E-state index in [1.54, 1.807) is 35.0 Å². The van der Waals surface area contributed by atoms with Gasteiger partial charge < -0.3 is 14.1 Å². The number of ether oxygens (including phenoxy) is 1. The smallest absolute Gasteiger partial charge is 0.289 e. The van der Waals surface area contributed by atoms with Gasteiger partial charge in [0.05, 0.1) is 23.5 Å². The molecule has 0 saturated carbocycles. The Balaban J connectivity index is 1.67. The van der Waals surface area contributed by atoms with Crippen LogP contribution in [0.15, 0.2) is 40.9 Å². The van der Waals surface area contributed by atoms with Crippen LogP contribution in [-0.4, -0.2) is 27.6 Å². The van der Waals surface area contributed by atoms with Gasteiger partial charge in [0.2, 0.25) is 0 Å². The van der Waals surface area contributed by atoms with Gasteiger partial charge >= 0.3 is 0 Å². The highest BCUT2D eigenvalue weighted by molar-refractivity contribution is 6.31. The van der Waals surface area contributed by atoms with Gasteiger partial charge in [-0.3, -0.25) is 9.48 Å². The lowest BCUT2D eigenvalue weighted by atomic mass is 10.0. The van der Waals surface area contributed by atoms with Crippen molar-refractivity contribution >= 4 is 17.5 Å². The van der Waals surface area contributed by atoms with Crippen LogP contribution >= 0.6 is 11.6 Å². The molecular formula is C23H28ClN3O3. The third kappa shape index (κ3) is 4.87. The second-order valence-electron chi connectivity index (χ2n) is 7.67. The lowest BCUT2D eigenvalue weighted by Gasteiger charge is -2.17. The number of halogens is 1. The van der Waals surface area contributed by atoms with Crippen LogP contribution in [0.25, 0.3) is 0 Å². The molecule has 2 heterocycles. The van der Waals surface area contributed by atoms with E-state index in [9.17, 15) is 4.79 Å². The minimum atomic E-state index is -0.223. The fourth-order valence-corrected chi connectivity index (χ4v) is 3.47. The Kier molecular flexibility index (Phi) is 6.87. The summed E-state index contributed by atoms with van der Waals surface area (Å²) in [6, 6.07) is 9.65. The predicted octanol–water partition coefficient (Wildman–Crippen LogP) is 5.43. The Morgan fingerprint density at radius 2 is 2.07 bits per heavy atom. The maximum atomic E-state index is 12.8. The van der Waals surface area contributed by atoms with E-state index in [1.165, 1.54) is 0 Å². The van der Waals surface area contributed by atoms with Crippen molar-refractivity contribution in [2.24, 2.45) is 0 Å². The van der Waals surface area contributed by atoms with Gasteiger partial charge in [0.25, 0.3) is 5.91 Å². The molecule has 0 saturated heterocycles. The molecule has 2 aromatic heterocycles. The number of aryl methyl sites for hydroxylation is 2. The zero-order chi connectivity index (χ0) is 21.8. The molecule has 0 fully saturated rings. The Bertz CT molecular complexity index is 1020. The first-order valence-electron chi connectivity index (χ1n) is 10.1. The van der Waals surface area contributed by atoms with Gasteiger partial charge in [-0.05, 0) is 49.1 Å². The van der Waals surface area contributed by atoms with Crippen molar-refractivity contribution in [1.29, 1.82) is 0 Å². The molecular weight excluding hydrogens is 402 g/mol. The van der Waals surface area contributed by atoms with E-state index >= 15 is 0 Å². The molecule has 0 aliphatic heterocycles. The number of hydrogen-bond donors (Lipinski definition) is 0. The Morgan fingerprint density at radius 1 is 1.30 bits per heavy atom. The maximum Gasteiger partial charge on any atom is 0.289 e. The van der Waals surface area contributed by atoms with Crippen molar-refractivity contribution in [3.63, 3.8) is 0 Å². The second kappa shape index (κ2) is 9.39. The molecule has 3 aromatic rings. The monoisotopic (exact) mass is 429 g/mol. The van der Waals surface area contributed by atoms with Gasteiger partial charge in [0.1, 0.15) is 18.1 Å². The first-order valence-corrected chi connectivity index (χ1v) is 10.5. The molecule has 1 aromatic carbocycles. The molecule has 6 nitrogen and oxygen atoms in total. The summed E-state index contributed by atoms with van der Waals surface area (Å²) in [4.78, 5) is 14.3. The van der Waals surface area contributed by atoms with Crippen molar-refractivity contribution in [2.75, 3.05) is 7.05 Å². The van der Waals surface area contributed by atoms with Crippen LogP contribution in [0.4, 0.5) is 0 Å². The fourth-order valence-electron chi connectivity index (χ4n) is 3.26. The van der Waals surface area contributed by atoms with Gasteiger partial charge in [-0.1, -0.05) is 37.6 Å². The highest BCUT2D eigenvalue weighted by atomic mass is 35.5. The topological polar surface area (TPSA) is 60.5 Å². The summed E-state index contributed by atoms with van der Waals surface area (Å²) in [6.45, 7) is 9.57. The molecule has 0 bridgehead atoms. The first kappa shape index (κ1) is 22.0. The normalized spacial score (nSPS) is 11.2. The summed E-state index contributed by atoms with van der Waals surface area (Å²) in [6.07, 6.45) is 1.59. The molecule has 0 N–H and O–H groups in total. The molecule has 0 aliphatic rings. The predicted molar refractivity (Wildman–Crippen MR) is 117 cm³/mol. The van der Waals surface area contributed by atoms with Crippen LogP contribution < -0.4 is 4.74 Å². The average molecular weight is 430 g/mol.